The molecule has 0 aromatic heterocycles. The lowest BCUT2D eigenvalue weighted by atomic mass is 10.1. The second-order valence-electron chi connectivity index (χ2n) is 5.46. The monoisotopic (exact) mass is 350 g/mol. The summed E-state index contributed by atoms with van der Waals surface area (Å²) < 4.78 is 31.5. The highest BCUT2D eigenvalue weighted by molar-refractivity contribution is 5.91. The Bertz CT molecular complexity index is 753. The van der Waals surface area contributed by atoms with Gasteiger partial charge < -0.3 is 20.5 Å². The molecule has 2 aromatic carbocycles. The van der Waals surface area contributed by atoms with Crippen molar-refractivity contribution in [3.05, 3.63) is 59.2 Å². The fraction of sp³-hybridized carbons (Fsp3) is 0.278. The predicted octanol–water partition coefficient (Wildman–Crippen LogP) is 3.53. The molecule has 0 aliphatic heterocycles. The van der Waals surface area contributed by atoms with Crippen LogP contribution in [0, 0.1) is 18.6 Å². The standard InChI is InChI=1S/C18H20F2N2O3/c1-3-25-17-8-11(2)4-7-15(17)22-18(24)21-10-16(23)12-5-6-13(19)14(20)9-12/h4-9,16,23H,3,10H2,1-2H3,(H2,21,22,24). The molecule has 3 N–H and O–H groups in total. The number of hydrogen-bond acceptors (Lipinski definition) is 3. The fourth-order valence-electron chi connectivity index (χ4n) is 2.20. The molecule has 0 saturated carbocycles. The molecule has 2 amide bonds. The molecule has 0 fully saturated rings. The third-order valence-electron chi connectivity index (χ3n) is 3.47. The number of nitrogens with one attached hydrogen (secondary N) is 2. The largest absolute Gasteiger partial charge is 0.492 e. The average molecular weight is 350 g/mol. The van der Waals surface area contributed by atoms with Gasteiger partial charge in [-0.1, -0.05) is 12.1 Å². The lowest BCUT2D eigenvalue weighted by Gasteiger charge is -2.15. The van der Waals surface area contributed by atoms with Gasteiger partial charge in [-0.15, -0.1) is 0 Å². The van der Waals surface area contributed by atoms with Crippen molar-refractivity contribution in [1.29, 1.82) is 0 Å². The molecule has 25 heavy (non-hydrogen) atoms. The van der Waals surface area contributed by atoms with Gasteiger partial charge in [-0.25, -0.2) is 13.6 Å². The number of carbonyl (C=O) groups excluding carboxylic acids is 1. The second kappa shape index (κ2) is 8.43. The van der Waals surface area contributed by atoms with Crippen LogP contribution in [0.3, 0.4) is 0 Å². The number of halogens is 2. The molecule has 0 bridgehead atoms. The summed E-state index contributed by atoms with van der Waals surface area (Å²) in [5.74, 6) is -1.51. The highest BCUT2D eigenvalue weighted by Crippen LogP contribution is 2.25. The SMILES string of the molecule is CCOc1cc(C)ccc1NC(=O)NCC(O)c1ccc(F)c(F)c1. The first-order valence-electron chi connectivity index (χ1n) is 7.82. The average Bonchev–Trinajstić information content (AvgIpc) is 2.58. The number of hydrogen-bond donors (Lipinski definition) is 3. The Balaban J connectivity index is 1.95. The van der Waals surface area contributed by atoms with Crippen LogP contribution < -0.4 is 15.4 Å². The van der Waals surface area contributed by atoms with E-state index in [0.29, 0.717) is 18.0 Å². The minimum absolute atomic E-state index is 0.160. The van der Waals surface area contributed by atoms with Crippen LogP contribution in [-0.4, -0.2) is 24.3 Å². The van der Waals surface area contributed by atoms with E-state index < -0.39 is 23.8 Å². The molecule has 2 rings (SSSR count). The van der Waals surface area contributed by atoms with Crippen molar-refractivity contribution >= 4 is 11.7 Å². The summed E-state index contributed by atoms with van der Waals surface area (Å²) >= 11 is 0. The number of benzene rings is 2. The molecule has 0 spiro atoms. The van der Waals surface area contributed by atoms with Crippen molar-refractivity contribution in [1.82, 2.24) is 5.32 Å². The lowest BCUT2D eigenvalue weighted by molar-refractivity contribution is 0.174. The lowest BCUT2D eigenvalue weighted by Crippen LogP contribution is -2.32. The Kier molecular flexibility index (Phi) is 6.30. The molecule has 2 aromatic rings. The first-order valence-corrected chi connectivity index (χ1v) is 7.82. The van der Waals surface area contributed by atoms with E-state index in [-0.39, 0.29) is 12.1 Å². The zero-order valence-corrected chi connectivity index (χ0v) is 14.0. The number of aryl methyl sites for hydroxylation is 1. The summed E-state index contributed by atoms with van der Waals surface area (Å²) in [6.07, 6.45) is -1.16. The van der Waals surface area contributed by atoms with Crippen LogP contribution in [0.5, 0.6) is 5.75 Å². The van der Waals surface area contributed by atoms with E-state index >= 15 is 0 Å². The summed E-state index contributed by atoms with van der Waals surface area (Å²) in [6, 6.07) is 7.87. The van der Waals surface area contributed by atoms with Gasteiger partial charge in [0.1, 0.15) is 5.75 Å². The molecule has 1 atom stereocenters. The van der Waals surface area contributed by atoms with Crippen molar-refractivity contribution in [2.45, 2.75) is 20.0 Å². The van der Waals surface area contributed by atoms with Gasteiger partial charge in [-0.2, -0.15) is 0 Å². The van der Waals surface area contributed by atoms with Crippen LogP contribution in [0.15, 0.2) is 36.4 Å². The summed E-state index contributed by atoms with van der Waals surface area (Å²) in [6.45, 7) is 4.04. The first kappa shape index (κ1) is 18.7. The van der Waals surface area contributed by atoms with Crippen LogP contribution in [0.2, 0.25) is 0 Å². The first-order chi connectivity index (χ1) is 11.9. The molecule has 0 heterocycles. The van der Waals surface area contributed by atoms with E-state index in [0.717, 1.165) is 17.7 Å². The third kappa shape index (κ3) is 5.15. The predicted molar refractivity (Wildman–Crippen MR) is 90.7 cm³/mol. The summed E-state index contributed by atoms with van der Waals surface area (Å²) in [5, 5.41) is 15.1. The van der Waals surface area contributed by atoms with Crippen molar-refractivity contribution < 1.29 is 23.4 Å². The zero-order valence-electron chi connectivity index (χ0n) is 14.0. The molecule has 134 valence electrons. The van der Waals surface area contributed by atoms with E-state index in [1.54, 1.807) is 12.1 Å². The maximum Gasteiger partial charge on any atom is 0.319 e. The van der Waals surface area contributed by atoms with Crippen molar-refractivity contribution in [3.8, 4) is 5.75 Å². The number of anilines is 1. The van der Waals surface area contributed by atoms with Gasteiger partial charge in [-0.3, -0.25) is 0 Å². The van der Waals surface area contributed by atoms with E-state index in [1.165, 1.54) is 6.07 Å². The molecule has 1 unspecified atom stereocenters. The van der Waals surface area contributed by atoms with Gasteiger partial charge >= 0.3 is 6.03 Å². The maximum atomic E-state index is 13.2. The Morgan fingerprint density at radius 3 is 2.64 bits per heavy atom. The van der Waals surface area contributed by atoms with Gasteiger partial charge in [0.2, 0.25) is 0 Å². The highest BCUT2D eigenvalue weighted by atomic mass is 19.2. The molecule has 0 aliphatic carbocycles. The minimum Gasteiger partial charge on any atom is -0.492 e. The zero-order chi connectivity index (χ0) is 18.4. The summed E-state index contributed by atoms with van der Waals surface area (Å²) in [4.78, 5) is 12.0. The van der Waals surface area contributed by atoms with Crippen LogP contribution >= 0.6 is 0 Å². The number of amides is 2. The quantitative estimate of drug-likeness (QED) is 0.746. The molecule has 7 heteroatoms. The van der Waals surface area contributed by atoms with Crippen LogP contribution in [0.4, 0.5) is 19.3 Å². The number of carbonyl (C=O) groups is 1. The molecule has 5 nitrogen and oxygen atoms in total. The highest BCUT2D eigenvalue weighted by Gasteiger charge is 2.13. The number of urea groups is 1. The smallest absolute Gasteiger partial charge is 0.319 e. The van der Waals surface area contributed by atoms with Crippen molar-refractivity contribution in [2.24, 2.45) is 0 Å². The molecular weight excluding hydrogens is 330 g/mol. The molecule has 0 aliphatic rings. The Morgan fingerprint density at radius 2 is 1.96 bits per heavy atom. The van der Waals surface area contributed by atoms with E-state index in [1.807, 2.05) is 19.9 Å². The van der Waals surface area contributed by atoms with Crippen LogP contribution in [0.25, 0.3) is 0 Å². The van der Waals surface area contributed by atoms with Crippen LogP contribution in [0.1, 0.15) is 24.2 Å². The van der Waals surface area contributed by atoms with Gasteiger partial charge in [0.05, 0.1) is 18.4 Å². The Hall–Kier alpha value is -2.67. The van der Waals surface area contributed by atoms with E-state index in [2.05, 4.69) is 10.6 Å². The molecule has 0 radical (unpaired) electrons. The fourth-order valence-corrected chi connectivity index (χ4v) is 2.20. The van der Waals surface area contributed by atoms with Gasteiger partial charge in [0.25, 0.3) is 0 Å². The number of rotatable bonds is 6. The van der Waals surface area contributed by atoms with Gasteiger partial charge in [-0.05, 0) is 49.2 Å². The number of aliphatic hydroxyl groups is 1. The van der Waals surface area contributed by atoms with Gasteiger partial charge in [0.15, 0.2) is 11.6 Å². The Labute approximate surface area is 144 Å². The van der Waals surface area contributed by atoms with E-state index in [9.17, 15) is 18.7 Å². The summed E-state index contributed by atoms with van der Waals surface area (Å²) in [7, 11) is 0. The van der Waals surface area contributed by atoms with Gasteiger partial charge in [0, 0.05) is 6.54 Å². The molecule has 0 saturated heterocycles. The number of ether oxygens (including phenoxy) is 1. The van der Waals surface area contributed by atoms with Crippen LogP contribution in [-0.2, 0) is 0 Å². The third-order valence-corrected chi connectivity index (χ3v) is 3.47. The maximum absolute atomic E-state index is 13.2. The second-order valence-corrected chi connectivity index (χ2v) is 5.46. The summed E-state index contributed by atoms with van der Waals surface area (Å²) in [5.41, 5.74) is 1.65. The Morgan fingerprint density at radius 1 is 1.20 bits per heavy atom. The number of aliphatic hydroxyl groups excluding tert-OH is 1. The van der Waals surface area contributed by atoms with Crippen molar-refractivity contribution in [3.63, 3.8) is 0 Å². The minimum atomic E-state index is -1.16. The topological polar surface area (TPSA) is 70.6 Å². The van der Waals surface area contributed by atoms with E-state index in [4.69, 9.17) is 4.74 Å². The van der Waals surface area contributed by atoms with Crippen molar-refractivity contribution in [2.75, 3.05) is 18.5 Å². The molecular formula is C18H20F2N2O3. The normalized spacial score (nSPS) is 11.7.